The number of para-hydroxylation sites is 2. The van der Waals surface area contributed by atoms with Gasteiger partial charge in [0.05, 0.1) is 16.6 Å². The predicted molar refractivity (Wildman–Crippen MR) is 172 cm³/mol. The third kappa shape index (κ3) is 6.52. The zero-order valence-electron chi connectivity index (χ0n) is 24.7. The number of imidazole rings is 1. The highest BCUT2D eigenvalue weighted by atomic mass is 16.6. The maximum Gasteiger partial charge on any atom is 0.339 e. The van der Waals surface area contributed by atoms with E-state index in [0.29, 0.717) is 18.7 Å². The van der Waals surface area contributed by atoms with E-state index in [1.54, 1.807) is 0 Å². The number of hydrogen-bond donors (Lipinski definition) is 0. The summed E-state index contributed by atoms with van der Waals surface area (Å²) in [6, 6.07) is 42.4. The van der Waals surface area contributed by atoms with Crippen LogP contribution in [0.15, 0.2) is 127 Å². The molecule has 0 bridgehead atoms. The van der Waals surface area contributed by atoms with E-state index in [9.17, 15) is 4.79 Å². The van der Waals surface area contributed by atoms with Crippen molar-refractivity contribution in [3.05, 3.63) is 144 Å². The summed E-state index contributed by atoms with van der Waals surface area (Å²) in [5, 5.41) is 0. The molecule has 0 saturated carbocycles. The van der Waals surface area contributed by atoms with Gasteiger partial charge >= 0.3 is 5.97 Å². The van der Waals surface area contributed by atoms with Gasteiger partial charge in [-0.25, -0.2) is 9.78 Å². The normalized spacial score (nSPS) is 11.4. The van der Waals surface area contributed by atoms with Crippen LogP contribution < -0.4 is 4.74 Å². The van der Waals surface area contributed by atoms with Gasteiger partial charge < -0.3 is 14.0 Å². The van der Waals surface area contributed by atoms with Gasteiger partial charge in [-0.3, -0.25) is 0 Å². The first-order valence-electron chi connectivity index (χ1n) is 14.5. The number of esters is 1. The number of carbonyl (C=O) groups is 1. The van der Waals surface area contributed by atoms with Crippen LogP contribution in [0.1, 0.15) is 42.3 Å². The number of carbonyl (C=O) groups excluding carboxylic acids is 1. The monoisotopic (exact) mass is 566 g/mol. The van der Waals surface area contributed by atoms with Crippen LogP contribution in [0.3, 0.4) is 0 Å². The molecule has 5 nitrogen and oxygen atoms in total. The summed E-state index contributed by atoms with van der Waals surface area (Å²) in [5.74, 6) is 1.39. The molecule has 0 radical (unpaired) electrons. The molecule has 0 atom stereocenters. The van der Waals surface area contributed by atoms with Gasteiger partial charge in [-0.2, -0.15) is 0 Å². The molecule has 0 unspecified atom stereocenters. The van der Waals surface area contributed by atoms with Crippen LogP contribution >= 0.6 is 0 Å². The molecule has 0 aliphatic carbocycles. The maximum atomic E-state index is 12.9. The SMILES string of the molecule is CC(C)(C)OC(=O)c1ccccc1-c1ccc(Cn2c(-c3ccc(OCc4ccccc4)cc3)nc3ccccc32)cc1. The van der Waals surface area contributed by atoms with Crippen molar-refractivity contribution in [2.24, 2.45) is 0 Å². The molecular weight excluding hydrogens is 532 g/mol. The third-order valence-corrected chi connectivity index (χ3v) is 7.17. The molecule has 214 valence electrons. The number of fused-ring (bicyclic) bond motifs is 1. The van der Waals surface area contributed by atoms with Crippen molar-refractivity contribution in [1.82, 2.24) is 9.55 Å². The number of hydrogen-bond acceptors (Lipinski definition) is 4. The second-order valence-electron chi connectivity index (χ2n) is 11.6. The topological polar surface area (TPSA) is 53.4 Å². The standard InChI is InChI=1S/C38H34N2O3/c1-38(2,3)43-37(41)33-14-8-7-13-32(33)29-19-17-27(18-20-29)25-40-35-16-10-9-15-34(35)39-36(40)30-21-23-31(24-22-30)42-26-28-11-5-4-6-12-28/h4-24H,25-26H2,1-3H3. The van der Waals surface area contributed by atoms with Crippen LogP contribution in [0.4, 0.5) is 0 Å². The smallest absolute Gasteiger partial charge is 0.339 e. The van der Waals surface area contributed by atoms with E-state index in [1.165, 1.54) is 0 Å². The van der Waals surface area contributed by atoms with Crippen LogP contribution in [0, 0.1) is 0 Å². The third-order valence-electron chi connectivity index (χ3n) is 7.17. The van der Waals surface area contributed by atoms with Crippen molar-refractivity contribution in [2.45, 2.75) is 39.5 Å². The lowest BCUT2D eigenvalue weighted by Crippen LogP contribution is -2.24. The Bertz CT molecular complexity index is 1850. The minimum Gasteiger partial charge on any atom is -0.489 e. The van der Waals surface area contributed by atoms with Gasteiger partial charge in [-0.1, -0.05) is 84.9 Å². The van der Waals surface area contributed by atoms with Crippen LogP contribution in [0.2, 0.25) is 0 Å². The fraction of sp³-hybridized carbons (Fsp3) is 0.158. The highest BCUT2D eigenvalue weighted by Gasteiger charge is 2.21. The molecule has 6 aromatic rings. The largest absolute Gasteiger partial charge is 0.489 e. The highest BCUT2D eigenvalue weighted by Crippen LogP contribution is 2.30. The van der Waals surface area contributed by atoms with Crippen molar-refractivity contribution in [3.63, 3.8) is 0 Å². The van der Waals surface area contributed by atoms with Gasteiger partial charge in [-0.05, 0) is 85.5 Å². The summed E-state index contributed by atoms with van der Waals surface area (Å²) in [4.78, 5) is 17.9. The summed E-state index contributed by atoms with van der Waals surface area (Å²) in [6.07, 6.45) is 0. The van der Waals surface area contributed by atoms with Gasteiger partial charge in [0.25, 0.3) is 0 Å². The second kappa shape index (κ2) is 12.0. The lowest BCUT2D eigenvalue weighted by Gasteiger charge is -2.20. The first-order chi connectivity index (χ1) is 20.8. The molecule has 43 heavy (non-hydrogen) atoms. The van der Waals surface area contributed by atoms with Crippen LogP contribution in [0.5, 0.6) is 5.75 Å². The van der Waals surface area contributed by atoms with Gasteiger partial charge in [0, 0.05) is 12.1 Å². The van der Waals surface area contributed by atoms with Crippen LogP contribution in [0.25, 0.3) is 33.5 Å². The van der Waals surface area contributed by atoms with E-state index < -0.39 is 5.60 Å². The Morgan fingerprint density at radius 3 is 2.09 bits per heavy atom. The lowest BCUT2D eigenvalue weighted by atomic mass is 9.98. The molecule has 6 rings (SSSR count). The molecule has 0 fully saturated rings. The highest BCUT2D eigenvalue weighted by molar-refractivity contribution is 5.97. The van der Waals surface area contributed by atoms with E-state index >= 15 is 0 Å². The number of rotatable bonds is 8. The molecule has 0 spiro atoms. The van der Waals surface area contributed by atoms with Gasteiger partial charge in [0.15, 0.2) is 0 Å². The van der Waals surface area contributed by atoms with E-state index in [2.05, 4.69) is 59.2 Å². The molecule has 5 heteroatoms. The minimum atomic E-state index is -0.561. The Hall–Kier alpha value is -5.16. The maximum absolute atomic E-state index is 12.9. The minimum absolute atomic E-state index is 0.321. The van der Waals surface area contributed by atoms with Gasteiger partial charge in [0.1, 0.15) is 23.8 Å². The quantitative estimate of drug-likeness (QED) is 0.173. The molecule has 5 aromatic carbocycles. The van der Waals surface area contributed by atoms with Crippen molar-refractivity contribution in [3.8, 4) is 28.3 Å². The Balaban J connectivity index is 1.25. The van der Waals surface area contributed by atoms with Crippen molar-refractivity contribution >= 4 is 17.0 Å². The summed E-state index contributed by atoms with van der Waals surface area (Å²) in [7, 11) is 0. The number of aromatic nitrogens is 2. The molecule has 1 aromatic heterocycles. The van der Waals surface area contributed by atoms with E-state index in [1.807, 2.05) is 93.6 Å². The number of benzene rings is 5. The molecule has 0 amide bonds. The summed E-state index contributed by atoms with van der Waals surface area (Å²) < 4.78 is 13.9. The average Bonchev–Trinajstić information content (AvgIpc) is 3.38. The molecule has 0 saturated heterocycles. The lowest BCUT2D eigenvalue weighted by molar-refractivity contribution is 0.00704. The average molecular weight is 567 g/mol. The van der Waals surface area contributed by atoms with Crippen molar-refractivity contribution in [2.75, 3.05) is 0 Å². The molecular formula is C38H34N2O3. The number of nitrogens with zero attached hydrogens (tertiary/aromatic N) is 2. The Labute approximate surface area is 252 Å². The number of ether oxygens (including phenoxy) is 2. The van der Waals surface area contributed by atoms with E-state index in [4.69, 9.17) is 14.5 Å². The van der Waals surface area contributed by atoms with Crippen molar-refractivity contribution in [1.29, 1.82) is 0 Å². The van der Waals surface area contributed by atoms with Gasteiger partial charge in [0.2, 0.25) is 0 Å². The zero-order valence-corrected chi connectivity index (χ0v) is 24.7. The Kier molecular flexibility index (Phi) is 7.80. The first kappa shape index (κ1) is 28.0. The van der Waals surface area contributed by atoms with Gasteiger partial charge in [-0.15, -0.1) is 0 Å². The fourth-order valence-corrected chi connectivity index (χ4v) is 5.12. The first-order valence-corrected chi connectivity index (χ1v) is 14.5. The second-order valence-corrected chi connectivity index (χ2v) is 11.6. The molecule has 0 aliphatic heterocycles. The van der Waals surface area contributed by atoms with Crippen LogP contribution in [-0.2, 0) is 17.9 Å². The summed E-state index contributed by atoms with van der Waals surface area (Å²) >= 11 is 0. The summed E-state index contributed by atoms with van der Waals surface area (Å²) in [6.45, 7) is 6.81. The summed E-state index contributed by atoms with van der Waals surface area (Å²) in [5.41, 5.74) is 7.12. The Morgan fingerprint density at radius 2 is 1.35 bits per heavy atom. The Morgan fingerprint density at radius 1 is 0.698 bits per heavy atom. The predicted octanol–water partition coefficient (Wildman–Crippen LogP) is 8.95. The van der Waals surface area contributed by atoms with Crippen LogP contribution in [-0.4, -0.2) is 21.1 Å². The van der Waals surface area contributed by atoms with E-state index in [0.717, 1.165) is 50.4 Å². The molecule has 1 heterocycles. The zero-order chi connectivity index (χ0) is 29.8. The molecule has 0 N–H and O–H groups in total. The van der Waals surface area contributed by atoms with Crippen molar-refractivity contribution < 1.29 is 14.3 Å². The fourth-order valence-electron chi connectivity index (χ4n) is 5.12. The van der Waals surface area contributed by atoms with E-state index in [-0.39, 0.29) is 5.97 Å². The molecule has 0 aliphatic rings.